The van der Waals surface area contributed by atoms with Gasteiger partial charge in [0.25, 0.3) is 5.91 Å². The predicted octanol–water partition coefficient (Wildman–Crippen LogP) is 4.90. The molecule has 47 heavy (non-hydrogen) atoms. The predicted molar refractivity (Wildman–Crippen MR) is 182 cm³/mol. The second-order valence-electron chi connectivity index (χ2n) is 10.3. The van der Waals surface area contributed by atoms with Crippen LogP contribution in [0.4, 0.5) is 0 Å². The zero-order valence-electron chi connectivity index (χ0n) is 25.0. The van der Waals surface area contributed by atoms with Gasteiger partial charge in [0.2, 0.25) is 20.0 Å². The molecular weight excluding hydrogens is 732 g/mol. The molecular formula is C32H30BrClN4O7S2. The summed E-state index contributed by atoms with van der Waals surface area (Å²) in [6, 6.07) is 24.6. The average Bonchev–Trinajstić information content (AvgIpc) is 3.08. The number of amides is 1. The van der Waals surface area contributed by atoms with Crippen molar-refractivity contribution in [1.82, 2.24) is 14.0 Å². The molecule has 15 heteroatoms. The molecule has 11 nitrogen and oxygen atoms in total. The Balaban J connectivity index is 1.36. The van der Waals surface area contributed by atoms with Crippen LogP contribution in [0.3, 0.4) is 0 Å². The number of halogens is 2. The van der Waals surface area contributed by atoms with Crippen LogP contribution < -0.4 is 14.9 Å². The topological polar surface area (TPSA) is 135 Å². The summed E-state index contributed by atoms with van der Waals surface area (Å²) < 4.78 is 68.2. The van der Waals surface area contributed by atoms with Gasteiger partial charge in [0.15, 0.2) is 11.5 Å². The fourth-order valence-corrected chi connectivity index (χ4v) is 8.71. The van der Waals surface area contributed by atoms with Crippen LogP contribution in [0.15, 0.2) is 116 Å². The number of rotatable bonds is 11. The Kier molecular flexibility index (Phi) is 11.0. The van der Waals surface area contributed by atoms with E-state index in [9.17, 15) is 21.6 Å². The third-order valence-corrected chi connectivity index (χ3v) is 12.1. The fraction of sp³-hybridized carbons (Fsp3) is 0.188. The van der Waals surface area contributed by atoms with Crippen molar-refractivity contribution in [3.8, 4) is 11.5 Å². The van der Waals surface area contributed by atoms with Crippen LogP contribution in [0.25, 0.3) is 0 Å². The van der Waals surface area contributed by atoms with Crippen LogP contribution in [0.1, 0.15) is 11.1 Å². The lowest BCUT2D eigenvalue weighted by molar-refractivity contribution is -0.125. The highest BCUT2D eigenvalue weighted by molar-refractivity contribution is 9.10. The number of nitrogens with one attached hydrogen (secondary N) is 1. The number of hydrogen-bond donors (Lipinski definition) is 1. The first kappa shape index (κ1) is 34.5. The summed E-state index contributed by atoms with van der Waals surface area (Å²) in [6.07, 6.45) is 1.35. The molecule has 0 spiro atoms. The summed E-state index contributed by atoms with van der Waals surface area (Å²) in [5, 5.41) is 4.62. The van der Waals surface area contributed by atoms with Crippen molar-refractivity contribution < 1.29 is 31.1 Å². The molecule has 0 saturated carbocycles. The van der Waals surface area contributed by atoms with Gasteiger partial charge in [-0.05, 0) is 64.0 Å². The smallest absolute Gasteiger partial charge is 0.259 e. The van der Waals surface area contributed by atoms with Crippen molar-refractivity contribution in [1.29, 1.82) is 0 Å². The molecule has 1 atom stereocenters. The maximum absolute atomic E-state index is 13.6. The molecule has 246 valence electrons. The van der Waals surface area contributed by atoms with Gasteiger partial charge in [0.05, 0.1) is 27.6 Å². The van der Waals surface area contributed by atoms with E-state index in [1.165, 1.54) is 37.6 Å². The monoisotopic (exact) mass is 760 g/mol. The molecule has 1 amide bonds. The Bertz CT molecular complexity index is 1980. The van der Waals surface area contributed by atoms with E-state index in [2.05, 4.69) is 26.5 Å². The van der Waals surface area contributed by atoms with E-state index in [1.54, 1.807) is 54.6 Å². The van der Waals surface area contributed by atoms with Crippen LogP contribution in [-0.4, -0.2) is 70.4 Å². The molecule has 1 N–H and O–H groups in total. The van der Waals surface area contributed by atoms with Crippen molar-refractivity contribution >= 4 is 59.7 Å². The van der Waals surface area contributed by atoms with E-state index in [4.69, 9.17) is 21.1 Å². The minimum atomic E-state index is -4.16. The van der Waals surface area contributed by atoms with Gasteiger partial charge in [-0.25, -0.2) is 22.3 Å². The molecule has 0 radical (unpaired) electrons. The van der Waals surface area contributed by atoms with Crippen molar-refractivity contribution in [3.05, 3.63) is 118 Å². The summed E-state index contributed by atoms with van der Waals surface area (Å²) in [5.74, 6) is 0.00473. The third kappa shape index (κ3) is 7.86. The summed E-state index contributed by atoms with van der Waals surface area (Å²) in [4.78, 5) is 13.6. The maximum Gasteiger partial charge on any atom is 0.259 e. The second kappa shape index (κ2) is 15.0. The third-order valence-electron chi connectivity index (χ3n) is 7.30. The van der Waals surface area contributed by atoms with Crippen LogP contribution in [0, 0.1) is 0 Å². The Labute approximate surface area is 287 Å². The molecule has 5 rings (SSSR count). The standard InChI is InChI=1S/C32H30BrClN4O7S2/c1-44-30-19-23(18-27(33)31(30)45-22-24-10-8-9-15-28(24)34)20-35-36-32(39)29-21-37(46(40,41)25-11-4-2-5-12-25)16-17-38(29)47(42,43)26-13-6-3-7-14-26/h2-15,18-20,29H,16-17,21-22H2,1H3,(H,36,39)/b35-20-/t29-/m0/s1. The molecule has 0 bridgehead atoms. The molecule has 0 aliphatic carbocycles. The van der Waals surface area contributed by atoms with Crippen LogP contribution in [-0.2, 0) is 31.4 Å². The highest BCUT2D eigenvalue weighted by Gasteiger charge is 2.43. The van der Waals surface area contributed by atoms with Gasteiger partial charge >= 0.3 is 0 Å². The first-order chi connectivity index (χ1) is 22.5. The first-order valence-corrected chi connectivity index (χ1v) is 18.3. The minimum Gasteiger partial charge on any atom is -0.493 e. The fourth-order valence-electron chi connectivity index (χ4n) is 4.89. The number of hydrogen-bond acceptors (Lipinski definition) is 8. The largest absolute Gasteiger partial charge is 0.493 e. The van der Waals surface area contributed by atoms with Gasteiger partial charge in [0.1, 0.15) is 12.6 Å². The first-order valence-electron chi connectivity index (χ1n) is 14.2. The van der Waals surface area contributed by atoms with Crippen LogP contribution in [0.2, 0.25) is 5.02 Å². The summed E-state index contributed by atoms with van der Waals surface area (Å²) >= 11 is 9.74. The van der Waals surface area contributed by atoms with E-state index in [0.29, 0.717) is 26.6 Å². The lowest BCUT2D eigenvalue weighted by Crippen LogP contribution is -2.60. The van der Waals surface area contributed by atoms with Crippen molar-refractivity contribution in [3.63, 3.8) is 0 Å². The second-order valence-corrected chi connectivity index (χ2v) is 15.4. The molecule has 1 aliphatic heterocycles. The van der Waals surface area contributed by atoms with Crippen molar-refractivity contribution in [2.24, 2.45) is 5.10 Å². The number of nitrogens with zero attached hydrogens (tertiary/aromatic N) is 3. The Morgan fingerprint density at radius 2 is 1.55 bits per heavy atom. The Morgan fingerprint density at radius 3 is 2.19 bits per heavy atom. The molecule has 1 saturated heterocycles. The number of carbonyl (C=O) groups excluding carboxylic acids is 1. The number of piperazine rings is 1. The number of ether oxygens (including phenoxy) is 2. The number of benzene rings is 4. The highest BCUT2D eigenvalue weighted by atomic mass is 79.9. The molecule has 1 fully saturated rings. The van der Waals surface area contributed by atoms with Gasteiger partial charge in [-0.3, -0.25) is 4.79 Å². The molecule has 4 aromatic rings. The number of sulfonamides is 2. The van der Waals surface area contributed by atoms with E-state index >= 15 is 0 Å². The SMILES string of the molecule is COc1cc(/C=N\NC(=O)[C@@H]2CN(S(=O)(=O)c3ccccc3)CCN2S(=O)(=O)c2ccccc2)cc(Br)c1OCc1ccccc1Cl. The zero-order chi connectivity index (χ0) is 33.6. The van der Waals surface area contributed by atoms with E-state index in [-0.39, 0.29) is 29.5 Å². The summed E-state index contributed by atoms with van der Waals surface area (Å²) in [6.45, 7) is -0.611. The minimum absolute atomic E-state index is 0.0190. The highest BCUT2D eigenvalue weighted by Crippen LogP contribution is 2.37. The van der Waals surface area contributed by atoms with Gasteiger partial charge in [-0.15, -0.1) is 0 Å². The molecule has 0 aromatic heterocycles. The number of carbonyl (C=O) groups is 1. The molecule has 0 unspecified atom stereocenters. The van der Waals surface area contributed by atoms with E-state index in [1.807, 2.05) is 18.2 Å². The lowest BCUT2D eigenvalue weighted by Gasteiger charge is -2.38. The van der Waals surface area contributed by atoms with Crippen LogP contribution in [0.5, 0.6) is 11.5 Å². The molecule has 1 aliphatic rings. The molecule has 4 aromatic carbocycles. The van der Waals surface area contributed by atoms with Crippen LogP contribution >= 0.6 is 27.5 Å². The summed E-state index contributed by atoms with van der Waals surface area (Å²) in [7, 11) is -6.69. The zero-order valence-corrected chi connectivity index (χ0v) is 29.0. The van der Waals surface area contributed by atoms with Gasteiger partial charge in [-0.2, -0.15) is 13.7 Å². The number of hydrazone groups is 1. The number of methoxy groups -OCH3 is 1. The van der Waals surface area contributed by atoms with Gasteiger partial charge in [0, 0.05) is 30.2 Å². The van der Waals surface area contributed by atoms with E-state index < -0.39 is 38.5 Å². The Hall–Kier alpha value is -3.79. The van der Waals surface area contributed by atoms with E-state index in [0.717, 1.165) is 14.2 Å². The normalized spacial score (nSPS) is 16.2. The van der Waals surface area contributed by atoms with Crippen molar-refractivity contribution in [2.75, 3.05) is 26.7 Å². The summed E-state index contributed by atoms with van der Waals surface area (Å²) in [5.41, 5.74) is 3.70. The lowest BCUT2D eigenvalue weighted by atomic mass is 10.2. The molecule has 1 heterocycles. The maximum atomic E-state index is 13.6. The van der Waals surface area contributed by atoms with Gasteiger partial charge < -0.3 is 9.47 Å². The van der Waals surface area contributed by atoms with Crippen molar-refractivity contribution in [2.45, 2.75) is 22.4 Å². The quantitative estimate of drug-likeness (QED) is 0.170. The Morgan fingerprint density at radius 1 is 0.936 bits per heavy atom. The average molecular weight is 762 g/mol. The van der Waals surface area contributed by atoms with Gasteiger partial charge in [-0.1, -0.05) is 66.2 Å².